The standard InChI is InChI=1S/C19H21FN4OS/c1-2-21-19(23-12-17-4-3-11-26-17)22-10-9-16-13-25-18(24-16)14-5-7-15(20)8-6-14/h3-8,11,13H,2,9-10,12H2,1H3,(H2,21,22,23). The summed E-state index contributed by atoms with van der Waals surface area (Å²) in [7, 11) is 0. The van der Waals surface area contributed by atoms with Crippen LogP contribution in [0, 0.1) is 5.82 Å². The summed E-state index contributed by atoms with van der Waals surface area (Å²) in [5, 5.41) is 8.58. The summed E-state index contributed by atoms with van der Waals surface area (Å²) in [5.74, 6) is 1.00. The van der Waals surface area contributed by atoms with E-state index in [0.717, 1.165) is 23.8 Å². The smallest absolute Gasteiger partial charge is 0.226 e. The maximum absolute atomic E-state index is 13.0. The maximum atomic E-state index is 13.0. The van der Waals surface area contributed by atoms with Crippen LogP contribution in [0.4, 0.5) is 4.39 Å². The van der Waals surface area contributed by atoms with Crippen molar-refractivity contribution in [3.8, 4) is 11.5 Å². The van der Waals surface area contributed by atoms with Crippen LogP contribution in [0.2, 0.25) is 0 Å². The first kappa shape index (κ1) is 18.1. The second kappa shape index (κ2) is 9.15. The SMILES string of the molecule is CCNC(=NCc1cccs1)NCCc1coc(-c2ccc(F)cc2)n1. The first-order valence-electron chi connectivity index (χ1n) is 8.49. The molecule has 0 amide bonds. The quantitative estimate of drug-likeness (QED) is 0.489. The van der Waals surface area contributed by atoms with Crippen LogP contribution in [0.3, 0.4) is 0 Å². The zero-order chi connectivity index (χ0) is 18.2. The molecule has 0 aliphatic rings. The molecule has 2 N–H and O–H groups in total. The Bertz CT molecular complexity index is 828. The minimum Gasteiger partial charge on any atom is -0.444 e. The number of oxazole rings is 1. The van der Waals surface area contributed by atoms with E-state index in [1.807, 2.05) is 13.0 Å². The zero-order valence-electron chi connectivity index (χ0n) is 14.5. The van der Waals surface area contributed by atoms with Crippen LogP contribution < -0.4 is 10.6 Å². The molecule has 0 aliphatic heterocycles. The van der Waals surface area contributed by atoms with E-state index in [4.69, 9.17) is 4.42 Å². The first-order chi connectivity index (χ1) is 12.7. The largest absolute Gasteiger partial charge is 0.444 e. The lowest BCUT2D eigenvalue weighted by atomic mass is 10.2. The van der Waals surface area contributed by atoms with Crippen molar-refractivity contribution in [1.82, 2.24) is 15.6 Å². The monoisotopic (exact) mass is 372 g/mol. The average molecular weight is 372 g/mol. The van der Waals surface area contributed by atoms with Crippen LogP contribution in [0.25, 0.3) is 11.5 Å². The van der Waals surface area contributed by atoms with Crippen LogP contribution >= 0.6 is 11.3 Å². The van der Waals surface area contributed by atoms with E-state index >= 15 is 0 Å². The van der Waals surface area contributed by atoms with Gasteiger partial charge in [-0.2, -0.15) is 0 Å². The Morgan fingerprint density at radius 1 is 1.23 bits per heavy atom. The third kappa shape index (κ3) is 5.16. The number of hydrogen-bond donors (Lipinski definition) is 2. The second-order valence-corrected chi connectivity index (χ2v) is 6.63. The summed E-state index contributed by atoms with van der Waals surface area (Å²) < 4.78 is 18.5. The number of nitrogens with one attached hydrogen (secondary N) is 2. The van der Waals surface area contributed by atoms with Crippen molar-refractivity contribution in [3.63, 3.8) is 0 Å². The predicted octanol–water partition coefficient (Wildman–Crippen LogP) is 3.84. The Balaban J connectivity index is 1.53. The van der Waals surface area contributed by atoms with Gasteiger partial charge in [-0.05, 0) is 42.6 Å². The highest BCUT2D eigenvalue weighted by Gasteiger charge is 2.07. The fourth-order valence-corrected chi connectivity index (χ4v) is 2.99. The van der Waals surface area contributed by atoms with Crippen molar-refractivity contribution in [2.75, 3.05) is 13.1 Å². The fourth-order valence-electron chi connectivity index (χ4n) is 2.36. The second-order valence-electron chi connectivity index (χ2n) is 5.60. The molecule has 7 heteroatoms. The lowest BCUT2D eigenvalue weighted by Gasteiger charge is -2.10. The van der Waals surface area contributed by atoms with Crippen LogP contribution in [0.15, 0.2) is 57.5 Å². The van der Waals surface area contributed by atoms with E-state index in [-0.39, 0.29) is 5.82 Å². The molecule has 136 valence electrons. The van der Waals surface area contributed by atoms with Gasteiger partial charge < -0.3 is 15.1 Å². The highest BCUT2D eigenvalue weighted by molar-refractivity contribution is 7.09. The average Bonchev–Trinajstić information content (AvgIpc) is 3.32. The molecule has 3 aromatic rings. The minimum absolute atomic E-state index is 0.275. The van der Waals surface area contributed by atoms with Crippen LogP contribution in [0.1, 0.15) is 17.5 Å². The number of hydrogen-bond acceptors (Lipinski definition) is 4. The number of halogens is 1. The number of aliphatic imine (C=N–C) groups is 1. The lowest BCUT2D eigenvalue weighted by Crippen LogP contribution is -2.38. The highest BCUT2D eigenvalue weighted by Crippen LogP contribution is 2.19. The molecule has 5 nitrogen and oxygen atoms in total. The summed E-state index contributed by atoms with van der Waals surface area (Å²) in [5.41, 5.74) is 1.60. The Morgan fingerprint density at radius 2 is 2.08 bits per heavy atom. The van der Waals surface area contributed by atoms with Crippen molar-refractivity contribution < 1.29 is 8.81 Å². The van der Waals surface area contributed by atoms with Crippen molar-refractivity contribution in [3.05, 3.63) is 64.4 Å². The molecule has 0 aliphatic carbocycles. The molecule has 0 atom stereocenters. The third-order valence-electron chi connectivity index (χ3n) is 3.63. The number of guanidine groups is 1. The highest BCUT2D eigenvalue weighted by atomic mass is 32.1. The molecule has 0 radical (unpaired) electrons. The summed E-state index contributed by atoms with van der Waals surface area (Å²) in [6.07, 6.45) is 2.34. The Labute approximate surface area is 156 Å². The molecule has 26 heavy (non-hydrogen) atoms. The molecule has 0 fully saturated rings. The van der Waals surface area contributed by atoms with E-state index in [1.165, 1.54) is 17.0 Å². The molecule has 0 bridgehead atoms. The number of thiophene rings is 1. The van der Waals surface area contributed by atoms with E-state index in [0.29, 0.717) is 25.4 Å². The van der Waals surface area contributed by atoms with Crippen molar-refractivity contribution in [1.29, 1.82) is 0 Å². The topological polar surface area (TPSA) is 62.5 Å². The van der Waals surface area contributed by atoms with E-state index in [2.05, 4.69) is 32.1 Å². The molecule has 3 rings (SSSR count). The molecule has 2 aromatic heterocycles. The van der Waals surface area contributed by atoms with Crippen LogP contribution in [-0.2, 0) is 13.0 Å². The molecule has 2 heterocycles. The van der Waals surface area contributed by atoms with Crippen LogP contribution in [0.5, 0.6) is 0 Å². The third-order valence-corrected chi connectivity index (χ3v) is 4.49. The number of benzene rings is 1. The van der Waals surface area contributed by atoms with Gasteiger partial charge in [0.1, 0.15) is 12.1 Å². The van der Waals surface area contributed by atoms with Crippen molar-refractivity contribution in [2.45, 2.75) is 19.9 Å². The molecular weight excluding hydrogens is 351 g/mol. The van der Waals surface area contributed by atoms with Gasteiger partial charge in [0.25, 0.3) is 0 Å². The molecule has 0 spiro atoms. The Morgan fingerprint density at radius 3 is 2.81 bits per heavy atom. The summed E-state index contributed by atoms with van der Waals surface area (Å²) in [6, 6.07) is 10.2. The molecule has 0 unspecified atom stereocenters. The molecular formula is C19H21FN4OS. The van der Waals surface area contributed by atoms with Gasteiger partial charge >= 0.3 is 0 Å². The van der Waals surface area contributed by atoms with Crippen LogP contribution in [-0.4, -0.2) is 24.0 Å². The van der Waals surface area contributed by atoms with Gasteiger partial charge in [0.2, 0.25) is 5.89 Å². The van der Waals surface area contributed by atoms with Crippen molar-refractivity contribution >= 4 is 17.3 Å². The predicted molar refractivity (Wildman–Crippen MR) is 103 cm³/mol. The Hall–Kier alpha value is -2.67. The molecule has 1 aromatic carbocycles. The number of aromatic nitrogens is 1. The van der Waals surface area contributed by atoms with Gasteiger partial charge in [0, 0.05) is 30.0 Å². The minimum atomic E-state index is -0.275. The zero-order valence-corrected chi connectivity index (χ0v) is 15.4. The normalized spacial score (nSPS) is 11.5. The maximum Gasteiger partial charge on any atom is 0.226 e. The Kier molecular flexibility index (Phi) is 6.38. The number of nitrogens with zero attached hydrogens (tertiary/aromatic N) is 2. The first-order valence-corrected chi connectivity index (χ1v) is 9.37. The van der Waals surface area contributed by atoms with Gasteiger partial charge in [-0.1, -0.05) is 6.07 Å². The van der Waals surface area contributed by atoms with E-state index in [9.17, 15) is 4.39 Å². The summed E-state index contributed by atoms with van der Waals surface area (Å²) in [4.78, 5) is 10.3. The number of rotatable bonds is 7. The van der Waals surface area contributed by atoms with Gasteiger partial charge in [0.15, 0.2) is 5.96 Å². The fraction of sp³-hybridized carbons (Fsp3) is 0.263. The van der Waals surface area contributed by atoms with Crippen molar-refractivity contribution in [2.24, 2.45) is 4.99 Å². The van der Waals surface area contributed by atoms with E-state index in [1.54, 1.807) is 29.7 Å². The van der Waals surface area contributed by atoms with Gasteiger partial charge in [-0.3, -0.25) is 0 Å². The van der Waals surface area contributed by atoms with E-state index < -0.39 is 0 Å². The summed E-state index contributed by atoms with van der Waals surface area (Å²) >= 11 is 1.70. The van der Waals surface area contributed by atoms with Gasteiger partial charge in [-0.15, -0.1) is 11.3 Å². The van der Waals surface area contributed by atoms with Gasteiger partial charge in [0.05, 0.1) is 12.2 Å². The molecule has 0 saturated carbocycles. The summed E-state index contributed by atoms with van der Waals surface area (Å²) in [6.45, 7) is 4.18. The molecule has 0 saturated heterocycles. The lowest BCUT2D eigenvalue weighted by molar-refractivity contribution is 0.571. The van der Waals surface area contributed by atoms with Gasteiger partial charge in [-0.25, -0.2) is 14.4 Å².